The van der Waals surface area contributed by atoms with Crippen molar-refractivity contribution in [3.8, 4) is 0 Å². The van der Waals surface area contributed by atoms with Gasteiger partial charge in [0.05, 0.1) is 6.54 Å². The van der Waals surface area contributed by atoms with Crippen molar-refractivity contribution >= 4 is 29.6 Å². The van der Waals surface area contributed by atoms with Crippen LogP contribution in [0.15, 0.2) is 34.1 Å². The maximum atomic E-state index is 13.6. The Morgan fingerprint density at radius 2 is 1.92 bits per heavy atom. The molecule has 3 rings (SSSR count). The summed E-state index contributed by atoms with van der Waals surface area (Å²) in [5.41, 5.74) is -0.679. The highest BCUT2D eigenvalue weighted by atomic mass is 32.2. The molecule has 1 aliphatic rings. The van der Waals surface area contributed by atoms with Gasteiger partial charge in [0.2, 0.25) is 0 Å². The van der Waals surface area contributed by atoms with Crippen LogP contribution in [0.25, 0.3) is 0 Å². The average molecular weight is 381 g/mol. The van der Waals surface area contributed by atoms with E-state index < -0.39 is 17.4 Å². The lowest BCUT2D eigenvalue weighted by molar-refractivity contribution is -0.117. The monoisotopic (exact) mass is 381 g/mol. The first-order valence-electron chi connectivity index (χ1n) is 8.03. The van der Waals surface area contributed by atoms with E-state index in [9.17, 15) is 18.3 Å². The van der Waals surface area contributed by atoms with Crippen molar-refractivity contribution in [2.45, 2.75) is 33.5 Å². The number of halogens is 1. The first-order valence-corrected chi connectivity index (χ1v) is 8.70. The molecule has 8 nitrogen and oxygen atoms in total. The highest BCUT2D eigenvalue weighted by Crippen LogP contribution is 2.42. The molecule has 2 aromatic rings. The molecule has 1 N–H and O–H groups in total. The third-order valence-corrected chi connectivity index (χ3v) is 4.27. The third-order valence-electron chi connectivity index (χ3n) is 3.73. The Bertz CT molecular complexity index is 913. The van der Waals surface area contributed by atoms with Crippen LogP contribution in [0.2, 0.25) is 0 Å². The molecule has 0 spiro atoms. The van der Waals surface area contributed by atoms with Crippen molar-refractivity contribution in [2.24, 2.45) is 7.05 Å². The number of nitrogens with zero attached hydrogens (tertiary/aromatic N) is 4. The van der Waals surface area contributed by atoms with Crippen molar-refractivity contribution < 1.29 is 8.68 Å². The molecule has 0 saturated carbocycles. The molecule has 0 bridgehead atoms. The highest BCUT2D eigenvalue weighted by molar-refractivity contribution is 7.95. The lowest BCUT2D eigenvalue weighted by atomic mass is 10.2. The fraction of sp³-hybridized carbons (Fsp3) is 0.375. The minimum atomic E-state index is -0.711. The molecule has 0 aromatic carbocycles. The van der Waals surface area contributed by atoms with E-state index in [-0.39, 0.29) is 36.2 Å². The zero-order valence-corrected chi connectivity index (χ0v) is 15.7. The van der Waals surface area contributed by atoms with Crippen LogP contribution in [-0.2, 0) is 18.4 Å². The van der Waals surface area contributed by atoms with Gasteiger partial charge in [0.1, 0.15) is 17.8 Å². The molecule has 0 aliphatic carbocycles. The van der Waals surface area contributed by atoms with Crippen molar-refractivity contribution in [1.29, 1.82) is 0 Å². The number of pyridine rings is 1. The molecule has 10 heteroatoms. The quantitative estimate of drug-likeness (QED) is 0.811. The Morgan fingerprint density at radius 1 is 1.31 bits per heavy atom. The minimum Gasteiger partial charge on any atom is -0.345 e. The van der Waals surface area contributed by atoms with Gasteiger partial charge in [-0.25, -0.2) is 4.79 Å². The molecule has 0 saturated heterocycles. The van der Waals surface area contributed by atoms with Crippen molar-refractivity contribution in [3.05, 3.63) is 50.9 Å². The number of anilines is 2. The van der Waals surface area contributed by atoms with Crippen molar-refractivity contribution in [1.82, 2.24) is 14.1 Å². The number of carbonyl (C=O) groups is 1. The van der Waals surface area contributed by atoms with Crippen LogP contribution in [-0.4, -0.2) is 19.9 Å². The van der Waals surface area contributed by atoms with Crippen LogP contribution in [0.5, 0.6) is 0 Å². The normalized spacial score (nSPS) is 15.0. The predicted octanol–water partition coefficient (Wildman–Crippen LogP) is 2.02. The Labute approximate surface area is 154 Å². The summed E-state index contributed by atoms with van der Waals surface area (Å²) in [7, 11) is 1.46. The summed E-state index contributed by atoms with van der Waals surface area (Å²) in [6.45, 7) is 4.92. The Morgan fingerprint density at radius 3 is 2.46 bits per heavy atom. The van der Waals surface area contributed by atoms with Gasteiger partial charge in [-0.1, -0.05) is 13.8 Å². The summed E-state index contributed by atoms with van der Waals surface area (Å²) in [6, 6.07) is 3.36. The molecular formula is C16H20FN5O3S. The summed E-state index contributed by atoms with van der Waals surface area (Å²) in [6.07, 6.45) is 2.42. The van der Waals surface area contributed by atoms with Gasteiger partial charge in [-0.2, -0.15) is 0 Å². The fourth-order valence-corrected chi connectivity index (χ4v) is 3.12. The number of fused-ring (bicyclic) bond motifs is 1. The number of hydrogen-bond acceptors (Lipinski definition) is 7. The first kappa shape index (κ1) is 19.7. The van der Waals surface area contributed by atoms with Gasteiger partial charge < -0.3 is 5.32 Å². The largest absolute Gasteiger partial charge is 0.345 e. The molecule has 1 unspecified atom stereocenters. The summed E-state index contributed by atoms with van der Waals surface area (Å²) < 4.78 is 16.8. The maximum Gasteiger partial charge on any atom is 0.332 e. The third kappa shape index (κ3) is 3.36. The van der Waals surface area contributed by atoms with E-state index in [0.717, 1.165) is 8.87 Å². The van der Waals surface area contributed by atoms with E-state index in [1.54, 1.807) is 24.5 Å². The number of Topliss-reactive ketones (excluding diaryl/α,β-unsaturated/α-hetero) is 1. The van der Waals surface area contributed by atoms with Crippen LogP contribution < -0.4 is 20.9 Å². The Hall–Kier alpha value is -2.62. The van der Waals surface area contributed by atoms with Gasteiger partial charge in [0.15, 0.2) is 18.0 Å². The van der Waals surface area contributed by atoms with E-state index in [4.69, 9.17) is 0 Å². The molecule has 1 aliphatic heterocycles. The topological polar surface area (TPSA) is 89.2 Å². The molecule has 2 aromatic heterocycles. The van der Waals surface area contributed by atoms with E-state index in [1.165, 1.54) is 18.5 Å². The van der Waals surface area contributed by atoms with Crippen LogP contribution >= 0.6 is 12.3 Å². The van der Waals surface area contributed by atoms with E-state index in [0.29, 0.717) is 5.56 Å². The highest BCUT2D eigenvalue weighted by Gasteiger charge is 2.37. The Kier molecular flexibility index (Phi) is 6.19. The van der Waals surface area contributed by atoms with E-state index >= 15 is 0 Å². The van der Waals surface area contributed by atoms with Crippen LogP contribution in [0.3, 0.4) is 0 Å². The van der Waals surface area contributed by atoms with Gasteiger partial charge >= 0.3 is 5.69 Å². The number of ketones is 1. The van der Waals surface area contributed by atoms with Gasteiger partial charge in [-0.05, 0) is 24.6 Å². The second-order valence-corrected chi connectivity index (χ2v) is 5.89. The fourth-order valence-electron chi connectivity index (χ4n) is 2.63. The van der Waals surface area contributed by atoms with Crippen molar-refractivity contribution in [2.75, 3.05) is 9.62 Å². The van der Waals surface area contributed by atoms with Crippen LogP contribution in [0, 0.1) is 0 Å². The molecule has 0 fully saturated rings. The molecule has 26 heavy (non-hydrogen) atoms. The molecule has 0 amide bonds. The second-order valence-electron chi connectivity index (χ2n) is 5.35. The summed E-state index contributed by atoms with van der Waals surface area (Å²) in [4.78, 5) is 40.2. The first-order chi connectivity index (χ1) is 12.5. The number of rotatable bonds is 4. The lowest BCUT2D eigenvalue weighted by Gasteiger charge is -2.20. The zero-order valence-electron chi connectivity index (χ0n) is 14.9. The molecule has 1 atom stereocenters. The lowest BCUT2D eigenvalue weighted by Crippen LogP contribution is -2.41. The van der Waals surface area contributed by atoms with Gasteiger partial charge in [0, 0.05) is 19.4 Å². The SMILES string of the molecule is CC.CC(=O)Cn1c(=O)c2c(n(C)c1=O)NC(c1ccncc1)N2SF. The summed E-state index contributed by atoms with van der Waals surface area (Å²) >= 11 is -0.129. The molecular weight excluding hydrogens is 361 g/mol. The molecule has 140 valence electrons. The number of nitrogens with one attached hydrogen (secondary N) is 1. The van der Waals surface area contributed by atoms with Crippen LogP contribution in [0.1, 0.15) is 32.5 Å². The Balaban J connectivity index is 0.00000117. The second kappa shape index (κ2) is 8.17. The van der Waals surface area contributed by atoms with Gasteiger partial charge in [-0.15, -0.1) is 3.89 Å². The van der Waals surface area contributed by atoms with Crippen LogP contribution in [0.4, 0.5) is 15.4 Å². The van der Waals surface area contributed by atoms with Crippen molar-refractivity contribution in [3.63, 3.8) is 0 Å². The number of hydrogen-bond donors (Lipinski definition) is 1. The summed E-state index contributed by atoms with van der Waals surface area (Å²) in [5.74, 6) is -0.137. The van der Waals surface area contributed by atoms with Gasteiger partial charge in [0.25, 0.3) is 5.56 Å². The average Bonchev–Trinajstić information content (AvgIpc) is 3.05. The predicted molar refractivity (Wildman–Crippen MR) is 99.8 cm³/mol. The van der Waals surface area contributed by atoms with E-state index in [2.05, 4.69) is 10.3 Å². The smallest absolute Gasteiger partial charge is 0.332 e. The standard InChI is InChI=1S/C14H14FN5O3S.C2H6/c1-8(21)7-19-13(22)10-12(18(2)14(19)23)17-11(20(10)24-15)9-3-5-16-6-4-9;1-2/h3-6,11,17H,7H2,1-2H3;1-2H3. The van der Waals surface area contributed by atoms with Gasteiger partial charge in [-0.3, -0.25) is 28.0 Å². The maximum absolute atomic E-state index is 13.6. The zero-order chi connectivity index (χ0) is 19.4. The summed E-state index contributed by atoms with van der Waals surface area (Å²) in [5, 5.41) is 2.98. The van der Waals surface area contributed by atoms with E-state index in [1.807, 2.05) is 13.8 Å². The molecule has 3 heterocycles. The number of aromatic nitrogens is 3. The molecule has 0 radical (unpaired) electrons. The minimum absolute atomic E-state index is 0.00679. The number of carbonyl (C=O) groups excluding carboxylic acids is 1.